The lowest BCUT2D eigenvalue weighted by atomic mass is 9.98. The van der Waals surface area contributed by atoms with E-state index in [0.717, 1.165) is 30.4 Å². The van der Waals surface area contributed by atoms with Gasteiger partial charge in [-0.05, 0) is 55.3 Å². The first-order valence-corrected chi connectivity index (χ1v) is 8.85. The largest absolute Gasteiger partial charge is 0.493 e. The molecule has 0 radical (unpaired) electrons. The maximum Gasteiger partial charge on any atom is 0.125 e. The summed E-state index contributed by atoms with van der Waals surface area (Å²) in [5, 5.41) is 4.26. The number of halogens is 1. The van der Waals surface area contributed by atoms with Crippen LogP contribution in [0.4, 0.5) is 0 Å². The molecule has 2 unspecified atom stereocenters. The first kappa shape index (κ1) is 13.8. The van der Waals surface area contributed by atoms with Gasteiger partial charge in [0.15, 0.2) is 0 Å². The average molecular weight is 342 g/mol. The molecule has 104 valence electrons. The molecule has 0 aromatic heterocycles. The zero-order chi connectivity index (χ0) is 13.2. The van der Waals surface area contributed by atoms with Crippen LogP contribution in [-0.2, 0) is 12.8 Å². The second kappa shape index (κ2) is 6.06. The lowest BCUT2D eigenvalue weighted by molar-refractivity contribution is 0.351. The summed E-state index contributed by atoms with van der Waals surface area (Å²) in [6.45, 7) is 0.835. The molecule has 2 heterocycles. The van der Waals surface area contributed by atoms with E-state index in [2.05, 4.69) is 52.2 Å². The van der Waals surface area contributed by atoms with Crippen molar-refractivity contribution in [3.63, 3.8) is 0 Å². The van der Waals surface area contributed by atoms with Crippen molar-refractivity contribution < 1.29 is 4.74 Å². The van der Waals surface area contributed by atoms with Gasteiger partial charge in [-0.3, -0.25) is 0 Å². The van der Waals surface area contributed by atoms with Gasteiger partial charge in [-0.2, -0.15) is 11.8 Å². The molecule has 1 saturated heterocycles. The molecule has 19 heavy (non-hydrogen) atoms. The molecule has 1 aromatic rings. The Morgan fingerprint density at radius 1 is 1.53 bits per heavy atom. The summed E-state index contributed by atoms with van der Waals surface area (Å²) in [6.07, 6.45) is 4.81. The SMILES string of the molecule is CNC(Cc1cc(Br)cc2c1OCC2)C1CCCS1. The first-order valence-electron chi connectivity index (χ1n) is 7.01. The van der Waals surface area contributed by atoms with Gasteiger partial charge < -0.3 is 10.1 Å². The number of likely N-dealkylation sites (N-methyl/N-ethyl adjacent to an activating group) is 1. The van der Waals surface area contributed by atoms with E-state index in [9.17, 15) is 0 Å². The van der Waals surface area contributed by atoms with Crippen molar-refractivity contribution in [1.82, 2.24) is 5.32 Å². The van der Waals surface area contributed by atoms with Crippen LogP contribution in [0.15, 0.2) is 16.6 Å². The predicted molar refractivity (Wildman–Crippen MR) is 85.4 cm³/mol. The van der Waals surface area contributed by atoms with Gasteiger partial charge in [-0.15, -0.1) is 0 Å². The van der Waals surface area contributed by atoms with Gasteiger partial charge in [0.05, 0.1) is 6.61 Å². The molecule has 1 aromatic carbocycles. The second-order valence-electron chi connectivity index (χ2n) is 5.30. The van der Waals surface area contributed by atoms with E-state index in [1.54, 1.807) is 0 Å². The van der Waals surface area contributed by atoms with Crippen LogP contribution >= 0.6 is 27.7 Å². The maximum absolute atomic E-state index is 5.84. The molecular formula is C15H20BrNOS. The molecule has 2 atom stereocenters. The minimum Gasteiger partial charge on any atom is -0.493 e. The Hall–Kier alpha value is -0.190. The van der Waals surface area contributed by atoms with Gasteiger partial charge in [0.25, 0.3) is 0 Å². The summed E-state index contributed by atoms with van der Waals surface area (Å²) in [5.41, 5.74) is 2.71. The lowest BCUT2D eigenvalue weighted by Crippen LogP contribution is -2.36. The number of nitrogens with one attached hydrogen (secondary N) is 1. The van der Waals surface area contributed by atoms with E-state index in [1.807, 2.05) is 0 Å². The van der Waals surface area contributed by atoms with Crippen molar-refractivity contribution in [2.75, 3.05) is 19.4 Å². The summed E-state index contributed by atoms with van der Waals surface area (Å²) < 4.78 is 7.02. The second-order valence-corrected chi connectivity index (χ2v) is 7.57. The van der Waals surface area contributed by atoms with Gasteiger partial charge in [0.2, 0.25) is 0 Å². The van der Waals surface area contributed by atoms with Gasteiger partial charge in [-0.1, -0.05) is 15.9 Å². The molecule has 1 N–H and O–H groups in total. The van der Waals surface area contributed by atoms with Crippen LogP contribution in [0, 0.1) is 0 Å². The van der Waals surface area contributed by atoms with Crippen molar-refractivity contribution in [3.8, 4) is 5.75 Å². The molecule has 1 fully saturated rings. The maximum atomic E-state index is 5.84. The summed E-state index contributed by atoms with van der Waals surface area (Å²) in [4.78, 5) is 0. The zero-order valence-corrected chi connectivity index (χ0v) is 13.6. The number of thioether (sulfide) groups is 1. The summed E-state index contributed by atoms with van der Waals surface area (Å²) in [7, 11) is 2.09. The predicted octanol–water partition coefficient (Wildman–Crippen LogP) is 3.41. The van der Waals surface area contributed by atoms with E-state index in [-0.39, 0.29) is 0 Å². The molecule has 4 heteroatoms. The topological polar surface area (TPSA) is 21.3 Å². The van der Waals surface area contributed by atoms with Crippen LogP contribution in [0.5, 0.6) is 5.75 Å². The van der Waals surface area contributed by atoms with E-state index in [1.165, 1.54) is 34.2 Å². The summed E-state index contributed by atoms with van der Waals surface area (Å²) in [5.74, 6) is 2.46. The molecule has 0 amide bonds. The van der Waals surface area contributed by atoms with Crippen LogP contribution in [0.3, 0.4) is 0 Å². The van der Waals surface area contributed by atoms with Crippen LogP contribution in [0.1, 0.15) is 24.0 Å². The Kier molecular flexibility index (Phi) is 4.40. The third-order valence-electron chi connectivity index (χ3n) is 4.05. The molecule has 2 aliphatic rings. The molecule has 2 aliphatic heterocycles. The lowest BCUT2D eigenvalue weighted by Gasteiger charge is -2.23. The van der Waals surface area contributed by atoms with Crippen LogP contribution in [0.2, 0.25) is 0 Å². The fourth-order valence-electron chi connectivity index (χ4n) is 3.07. The van der Waals surface area contributed by atoms with Gasteiger partial charge in [0.1, 0.15) is 5.75 Å². The number of rotatable bonds is 4. The van der Waals surface area contributed by atoms with Crippen molar-refractivity contribution in [3.05, 3.63) is 27.7 Å². The molecule has 3 rings (SSSR count). The van der Waals surface area contributed by atoms with Gasteiger partial charge >= 0.3 is 0 Å². The van der Waals surface area contributed by atoms with Gasteiger partial charge in [-0.25, -0.2) is 0 Å². The molecule has 0 saturated carbocycles. The fourth-order valence-corrected chi connectivity index (χ4v) is 5.06. The zero-order valence-electron chi connectivity index (χ0n) is 11.2. The highest BCUT2D eigenvalue weighted by Crippen LogP contribution is 2.36. The Balaban J connectivity index is 1.81. The minimum atomic E-state index is 0.551. The number of benzene rings is 1. The van der Waals surface area contributed by atoms with Crippen molar-refractivity contribution >= 4 is 27.7 Å². The highest BCUT2D eigenvalue weighted by Gasteiger charge is 2.27. The molecule has 2 nitrogen and oxygen atoms in total. The molecule has 0 bridgehead atoms. The molecular weight excluding hydrogens is 322 g/mol. The number of fused-ring (bicyclic) bond motifs is 1. The number of hydrogen-bond acceptors (Lipinski definition) is 3. The van der Waals surface area contributed by atoms with Crippen molar-refractivity contribution in [2.24, 2.45) is 0 Å². The molecule has 0 spiro atoms. The normalized spacial score (nSPS) is 23.2. The van der Waals surface area contributed by atoms with Crippen LogP contribution < -0.4 is 10.1 Å². The van der Waals surface area contributed by atoms with Crippen molar-refractivity contribution in [1.29, 1.82) is 0 Å². The monoisotopic (exact) mass is 341 g/mol. The Bertz CT molecular complexity index is 460. The van der Waals surface area contributed by atoms with E-state index in [4.69, 9.17) is 4.74 Å². The number of hydrogen-bond donors (Lipinski definition) is 1. The van der Waals surface area contributed by atoms with Crippen LogP contribution in [0.25, 0.3) is 0 Å². The van der Waals surface area contributed by atoms with E-state index in [0.29, 0.717) is 6.04 Å². The fraction of sp³-hybridized carbons (Fsp3) is 0.600. The highest BCUT2D eigenvalue weighted by atomic mass is 79.9. The van der Waals surface area contributed by atoms with E-state index >= 15 is 0 Å². The minimum absolute atomic E-state index is 0.551. The Labute approximate surface area is 127 Å². The smallest absolute Gasteiger partial charge is 0.125 e. The third-order valence-corrected chi connectivity index (χ3v) is 6.02. The first-order chi connectivity index (χ1) is 9.28. The Morgan fingerprint density at radius 2 is 2.42 bits per heavy atom. The number of ether oxygens (including phenoxy) is 1. The third kappa shape index (κ3) is 2.96. The van der Waals surface area contributed by atoms with Crippen molar-refractivity contribution in [2.45, 2.75) is 37.0 Å². The highest BCUT2D eigenvalue weighted by molar-refractivity contribution is 9.10. The quantitative estimate of drug-likeness (QED) is 0.906. The summed E-state index contributed by atoms with van der Waals surface area (Å²) >= 11 is 5.75. The van der Waals surface area contributed by atoms with Gasteiger partial charge in [0, 0.05) is 22.2 Å². The Morgan fingerprint density at radius 3 is 3.16 bits per heavy atom. The average Bonchev–Trinajstić information content (AvgIpc) is 3.05. The van der Waals surface area contributed by atoms with E-state index < -0.39 is 0 Å². The molecule has 0 aliphatic carbocycles. The standard InChI is InChI=1S/C15H20BrNOS/c1-17-13(14-3-2-6-19-14)9-11-8-12(16)7-10-4-5-18-15(10)11/h7-8,13-14,17H,2-6,9H2,1H3. The van der Waals surface area contributed by atoms with Crippen LogP contribution in [-0.4, -0.2) is 30.7 Å². The summed E-state index contributed by atoms with van der Waals surface area (Å²) in [6, 6.07) is 4.98.